The van der Waals surface area contributed by atoms with Crippen LogP contribution >= 0.6 is 0 Å². The number of aromatic nitrogens is 2. The van der Waals surface area contributed by atoms with Crippen LogP contribution in [0.3, 0.4) is 0 Å². The Hall–Kier alpha value is -1.44. The molecular formula is C17H28N6O. The van der Waals surface area contributed by atoms with E-state index in [0.717, 1.165) is 31.6 Å². The minimum absolute atomic E-state index is 0.0358. The summed E-state index contributed by atoms with van der Waals surface area (Å²) in [5.74, 6) is 13.0. The number of carbonyl (C=O) groups is 1. The van der Waals surface area contributed by atoms with Gasteiger partial charge in [0.1, 0.15) is 0 Å². The average molecular weight is 332 g/mol. The van der Waals surface area contributed by atoms with Crippen LogP contribution in [0, 0.1) is 17.8 Å². The lowest BCUT2D eigenvalue weighted by Gasteiger charge is -2.35. The van der Waals surface area contributed by atoms with Crippen molar-refractivity contribution in [2.75, 3.05) is 13.1 Å². The van der Waals surface area contributed by atoms with E-state index < -0.39 is 5.54 Å². The summed E-state index contributed by atoms with van der Waals surface area (Å²) < 4.78 is 1.97. The second kappa shape index (κ2) is 5.28. The van der Waals surface area contributed by atoms with E-state index in [1.807, 2.05) is 25.6 Å². The number of amides is 1. The first-order valence-corrected chi connectivity index (χ1v) is 8.96. The van der Waals surface area contributed by atoms with E-state index >= 15 is 0 Å². The van der Waals surface area contributed by atoms with Gasteiger partial charge in [0.15, 0.2) is 0 Å². The molecule has 2 heterocycles. The van der Waals surface area contributed by atoms with Crippen LogP contribution in [0.1, 0.15) is 43.6 Å². The van der Waals surface area contributed by atoms with E-state index in [2.05, 4.69) is 0 Å². The Bertz CT molecular complexity index is 669. The molecule has 0 bridgehead atoms. The number of carbonyl (C=O) groups excluding carboxylic acids is 1. The van der Waals surface area contributed by atoms with Gasteiger partial charge in [0, 0.05) is 31.7 Å². The lowest BCUT2D eigenvalue weighted by molar-refractivity contribution is -0.140. The smallest absolute Gasteiger partial charge is 0.241 e. The maximum atomic E-state index is 12.9. The molecule has 1 saturated heterocycles. The number of hydrogen-bond donors (Lipinski definition) is 2. The van der Waals surface area contributed by atoms with E-state index in [-0.39, 0.29) is 11.8 Å². The molecule has 1 aromatic heterocycles. The molecule has 0 spiro atoms. The number of fused-ring (bicyclic) bond motifs is 2. The topological polar surface area (TPSA) is 93.4 Å². The van der Waals surface area contributed by atoms with E-state index in [1.165, 1.54) is 29.1 Å². The number of nitrogens with two attached hydrogens (primary N) is 2. The number of hydrogen-bond acceptors (Lipinski definition) is 5. The molecule has 7 heteroatoms. The molecule has 24 heavy (non-hydrogen) atoms. The SMILES string of the molecule is Cn1nc(C(C)(C)N(N)C(=O)C2C3CN(N)CC32)c2c1CCCC2. The van der Waals surface area contributed by atoms with Crippen molar-refractivity contribution in [2.45, 2.75) is 45.1 Å². The van der Waals surface area contributed by atoms with Gasteiger partial charge in [-0.3, -0.25) is 20.3 Å². The lowest BCUT2D eigenvalue weighted by Crippen LogP contribution is -2.52. The van der Waals surface area contributed by atoms with E-state index in [4.69, 9.17) is 16.8 Å². The van der Waals surface area contributed by atoms with Crippen LogP contribution in [-0.2, 0) is 30.2 Å². The number of aryl methyl sites for hydroxylation is 1. The van der Waals surface area contributed by atoms with Crippen molar-refractivity contribution < 1.29 is 4.79 Å². The fourth-order valence-corrected chi connectivity index (χ4v) is 4.74. The molecule has 4 N–H and O–H groups in total. The van der Waals surface area contributed by atoms with Gasteiger partial charge in [-0.25, -0.2) is 10.9 Å². The van der Waals surface area contributed by atoms with Crippen molar-refractivity contribution in [1.82, 2.24) is 19.8 Å². The van der Waals surface area contributed by atoms with Crippen molar-refractivity contribution in [3.05, 3.63) is 17.0 Å². The van der Waals surface area contributed by atoms with Gasteiger partial charge in [0.05, 0.1) is 11.2 Å². The molecule has 1 aromatic rings. The molecule has 132 valence electrons. The lowest BCUT2D eigenvalue weighted by atomic mass is 9.88. The van der Waals surface area contributed by atoms with Crippen LogP contribution in [0.5, 0.6) is 0 Å². The highest BCUT2D eigenvalue weighted by Crippen LogP contribution is 2.52. The van der Waals surface area contributed by atoms with Gasteiger partial charge in [-0.05, 0) is 56.9 Å². The van der Waals surface area contributed by atoms with Gasteiger partial charge in [-0.15, -0.1) is 0 Å². The number of rotatable bonds is 3. The van der Waals surface area contributed by atoms with Crippen LogP contribution in [0.4, 0.5) is 0 Å². The minimum atomic E-state index is -0.598. The van der Waals surface area contributed by atoms with Crippen LogP contribution < -0.4 is 11.7 Å². The normalized spacial score (nSPS) is 29.3. The molecule has 1 saturated carbocycles. The highest BCUT2D eigenvalue weighted by atomic mass is 16.2. The van der Waals surface area contributed by atoms with Crippen LogP contribution in [0.2, 0.25) is 0 Å². The standard InChI is InChI=1S/C17H28N6O/c1-17(2,15-10-6-4-5-7-13(10)21(3)20-15)23(19)16(24)14-11-8-22(18)9-12(11)14/h11-12,14H,4-9,18-19H2,1-3H3. The van der Waals surface area contributed by atoms with Gasteiger partial charge in [-0.2, -0.15) is 5.10 Å². The van der Waals surface area contributed by atoms with Gasteiger partial charge in [0.2, 0.25) is 5.91 Å². The highest BCUT2D eigenvalue weighted by Gasteiger charge is 2.60. The summed E-state index contributed by atoms with van der Waals surface area (Å²) >= 11 is 0. The van der Waals surface area contributed by atoms with E-state index in [9.17, 15) is 4.79 Å². The Morgan fingerprint density at radius 2 is 1.88 bits per heavy atom. The van der Waals surface area contributed by atoms with Crippen molar-refractivity contribution in [3.8, 4) is 0 Å². The second-order valence-corrected chi connectivity index (χ2v) is 8.18. The van der Waals surface area contributed by atoms with Gasteiger partial charge in [-0.1, -0.05) is 0 Å². The molecular weight excluding hydrogens is 304 g/mol. The van der Waals surface area contributed by atoms with Crippen molar-refractivity contribution in [3.63, 3.8) is 0 Å². The first kappa shape index (κ1) is 16.1. The Labute approximate surface area is 142 Å². The van der Waals surface area contributed by atoms with E-state index in [1.54, 1.807) is 5.01 Å². The predicted molar refractivity (Wildman–Crippen MR) is 90.1 cm³/mol. The van der Waals surface area contributed by atoms with Gasteiger partial charge in [0.25, 0.3) is 0 Å². The molecule has 3 aliphatic rings. The third-order valence-electron chi connectivity index (χ3n) is 6.29. The van der Waals surface area contributed by atoms with Crippen LogP contribution in [-0.4, -0.2) is 38.8 Å². The largest absolute Gasteiger partial charge is 0.273 e. The van der Waals surface area contributed by atoms with Crippen molar-refractivity contribution in [1.29, 1.82) is 0 Å². The summed E-state index contributed by atoms with van der Waals surface area (Å²) in [4.78, 5) is 12.9. The summed E-state index contributed by atoms with van der Waals surface area (Å²) in [7, 11) is 1.99. The molecule has 7 nitrogen and oxygen atoms in total. The van der Waals surface area contributed by atoms with Gasteiger partial charge < -0.3 is 0 Å². The highest BCUT2D eigenvalue weighted by molar-refractivity contribution is 5.83. The molecule has 2 fully saturated rings. The molecule has 2 aliphatic carbocycles. The molecule has 1 aliphatic heterocycles. The molecule has 1 amide bonds. The second-order valence-electron chi connectivity index (χ2n) is 8.18. The number of piperidine rings is 1. The summed E-state index contributed by atoms with van der Waals surface area (Å²) in [6.07, 6.45) is 4.48. The Morgan fingerprint density at radius 1 is 1.25 bits per heavy atom. The molecule has 2 atom stereocenters. The molecule has 0 radical (unpaired) electrons. The van der Waals surface area contributed by atoms with Crippen LogP contribution in [0.15, 0.2) is 0 Å². The third kappa shape index (κ3) is 2.22. The summed E-state index contributed by atoms with van der Waals surface area (Å²) in [5.41, 5.74) is 2.95. The molecule has 2 unspecified atom stereocenters. The summed E-state index contributed by atoms with van der Waals surface area (Å²) in [5, 5.41) is 7.99. The predicted octanol–water partition coefficient (Wildman–Crippen LogP) is 0.288. The maximum absolute atomic E-state index is 12.9. The zero-order valence-electron chi connectivity index (χ0n) is 14.8. The quantitative estimate of drug-likeness (QED) is 0.471. The van der Waals surface area contributed by atoms with Crippen molar-refractivity contribution in [2.24, 2.45) is 36.5 Å². The Morgan fingerprint density at radius 3 is 2.54 bits per heavy atom. The zero-order chi connectivity index (χ0) is 17.2. The molecule has 0 aromatic carbocycles. The monoisotopic (exact) mass is 332 g/mol. The average Bonchev–Trinajstić information content (AvgIpc) is 2.90. The molecule has 4 rings (SSSR count). The van der Waals surface area contributed by atoms with Crippen LogP contribution in [0.25, 0.3) is 0 Å². The number of hydrazine groups is 2. The summed E-state index contributed by atoms with van der Waals surface area (Å²) in [6.45, 7) is 5.62. The minimum Gasteiger partial charge on any atom is -0.273 e. The summed E-state index contributed by atoms with van der Waals surface area (Å²) in [6, 6.07) is 0. The van der Waals surface area contributed by atoms with Gasteiger partial charge >= 0.3 is 0 Å². The third-order valence-corrected chi connectivity index (χ3v) is 6.29. The first-order chi connectivity index (χ1) is 11.3. The Balaban J connectivity index is 1.58. The Kier molecular flexibility index (Phi) is 3.53. The van der Waals surface area contributed by atoms with E-state index in [0.29, 0.717) is 11.8 Å². The van der Waals surface area contributed by atoms with Crippen molar-refractivity contribution >= 4 is 5.91 Å². The number of nitrogens with zero attached hydrogens (tertiary/aromatic N) is 4. The fourth-order valence-electron chi connectivity index (χ4n) is 4.74. The zero-order valence-corrected chi connectivity index (χ0v) is 14.8. The fraction of sp³-hybridized carbons (Fsp3) is 0.765. The first-order valence-electron chi connectivity index (χ1n) is 8.96. The maximum Gasteiger partial charge on any atom is 0.241 e.